The highest BCUT2D eigenvalue weighted by molar-refractivity contribution is 14.1. The van der Waals surface area contributed by atoms with Crippen LogP contribution >= 0.6 is 22.6 Å². The van der Waals surface area contributed by atoms with E-state index in [4.69, 9.17) is 4.74 Å². The molecule has 0 fully saturated rings. The Balaban J connectivity index is 2.00. The molecule has 0 heterocycles. The van der Waals surface area contributed by atoms with Crippen LogP contribution in [0.1, 0.15) is 49.8 Å². The maximum absolute atomic E-state index is 6.00. The van der Waals surface area contributed by atoms with Gasteiger partial charge in [-0.25, -0.2) is 0 Å². The summed E-state index contributed by atoms with van der Waals surface area (Å²) >= 11 is 2.36. The van der Waals surface area contributed by atoms with Gasteiger partial charge >= 0.3 is 0 Å². The molecule has 1 aliphatic carbocycles. The molecular formula is C15H19IO. The highest BCUT2D eigenvalue weighted by atomic mass is 127. The Hall–Kier alpha value is -0.350. The van der Waals surface area contributed by atoms with Crippen molar-refractivity contribution in [3.8, 4) is 0 Å². The normalized spacial score (nSPS) is 18.1. The first-order valence-electron chi connectivity index (χ1n) is 6.39. The van der Waals surface area contributed by atoms with Gasteiger partial charge < -0.3 is 4.74 Å². The summed E-state index contributed by atoms with van der Waals surface area (Å²) in [6.07, 6.45) is 9.41. The molecule has 1 aromatic rings. The standard InChI is InChI=1S/C15H19IO/c1-2-3-4-10-17-15-7-5-6-12-11-13(16)8-9-14(12)15/h5-6,8-9,11,15H,2-4,7,10H2,1H3. The number of hydrogen-bond acceptors (Lipinski definition) is 1. The lowest BCUT2D eigenvalue weighted by atomic mass is 9.95. The third-order valence-corrected chi connectivity index (χ3v) is 3.78. The first-order valence-corrected chi connectivity index (χ1v) is 7.46. The average Bonchev–Trinajstić information content (AvgIpc) is 2.34. The minimum Gasteiger partial charge on any atom is -0.373 e. The quantitative estimate of drug-likeness (QED) is 0.543. The van der Waals surface area contributed by atoms with Crippen LogP contribution in [0.2, 0.25) is 0 Å². The van der Waals surface area contributed by atoms with Crippen molar-refractivity contribution in [3.05, 3.63) is 39.0 Å². The summed E-state index contributed by atoms with van der Waals surface area (Å²) in [4.78, 5) is 0. The minimum absolute atomic E-state index is 0.267. The van der Waals surface area contributed by atoms with E-state index in [1.807, 2.05) is 0 Å². The van der Waals surface area contributed by atoms with Crippen LogP contribution in [0.25, 0.3) is 6.08 Å². The van der Waals surface area contributed by atoms with Crippen molar-refractivity contribution in [1.82, 2.24) is 0 Å². The number of ether oxygens (including phenoxy) is 1. The summed E-state index contributed by atoms with van der Waals surface area (Å²) in [7, 11) is 0. The summed E-state index contributed by atoms with van der Waals surface area (Å²) in [5, 5.41) is 0. The topological polar surface area (TPSA) is 9.23 Å². The lowest BCUT2D eigenvalue weighted by Gasteiger charge is -2.22. The summed E-state index contributed by atoms with van der Waals surface area (Å²) in [5.74, 6) is 0. The van der Waals surface area contributed by atoms with Gasteiger partial charge in [0.2, 0.25) is 0 Å². The molecule has 0 aliphatic heterocycles. The molecule has 1 atom stereocenters. The Morgan fingerprint density at radius 1 is 1.35 bits per heavy atom. The Labute approximate surface area is 117 Å². The Morgan fingerprint density at radius 3 is 3.06 bits per heavy atom. The Bertz CT molecular complexity index is 398. The van der Waals surface area contributed by atoms with Crippen LogP contribution in [0.5, 0.6) is 0 Å². The first kappa shape index (κ1) is 13.1. The third-order valence-electron chi connectivity index (χ3n) is 3.11. The molecule has 92 valence electrons. The summed E-state index contributed by atoms with van der Waals surface area (Å²) < 4.78 is 7.29. The van der Waals surface area contributed by atoms with Gasteiger partial charge in [-0.3, -0.25) is 0 Å². The van der Waals surface area contributed by atoms with Gasteiger partial charge in [0.15, 0.2) is 0 Å². The van der Waals surface area contributed by atoms with Crippen LogP contribution < -0.4 is 0 Å². The molecule has 2 heteroatoms. The maximum Gasteiger partial charge on any atom is 0.0865 e. The predicted octanol–water partition coefficient (Wildman–Crippen LogP) is 4.96. The van der Waals surface area contributed by atoms with Gasteiger partial charge in [0, 0.05) is 10.2 Å². The molecule has 2 rings (SSSR count). The number of halogens is 1. The number of benzene rings is 1. The highest BCUT2D eigenvalue weighted by Crippen LogP contribution is 2.31. The van der Waals surface area contributed by atoms with E-state index in [0.29, 0.717) is 0 Å². The molecule has 1 unspecified atom stereocenters. The van der Waals surface area contributed by atoms with Crippen molar-refractivity contribution in [3.63, 3.8) is 0 Å². The second-order valence-electron chi connectivity index (χ2n) is 4.48. The zero-order chi connectivity index (χ0) is 12.1. The zero-order valence-corrected chi connectivity index (χ0v) is 12.4. The Kier molecular flexibility index (Phi) is 5.04. The van der Waals surface area contributed by atoms with E-state index >= 15 is 0 Å². The van der Waals surface area contributed by atoms with Crippen molar-refractivity contribution in [2.45, 2.75) is 38.7 Å². The van der Waals surface area contributed by atoms with E-state index in [1.54, 1.807) is 0 Å². The summed E-state index contributed by atoms with van der Waals surface area (Å²) in [6, 6.07) is 6.61. The van der Waals surface area contributed by atoms with E-state index in [2.05, 4.69) is 59.9 Å². The van der Waals surface area contributed by atoms with Crippen LogP contribution in [-0.2, 0) is 4.74 Å². The summed E-state index contributed by atoms with van der Waals surface area (Å²) in [6.45, 7) is 3.11. The van der Waals surface area contributed by atoms with E-state index in [9.17, 15) is 0 Å². The molecular weight excluding hydrogens is 323 g/mol. The second-order valence-corrected chi connectivity index (χ2v) is 5.72. The molecule has 1 aliphatic rings. The molecule has 0 aromatic heterocycles. The fraction of sp³-hybridized carbons (Fsp3) is 0.467. The fourth-order valence-electron chi connectivity index (χ4n) is 2.16. The van der Waals surface area contributed by atoms with E-state index in [0.717, 1.165) is 13.0 Å². The molecule has 0 saturated heterocycles. The molecule has 0 N–H and O–H groups in total. The fourth-order valence-corrected chi connectivity index (χ4v) is 2.68. The molecule has 1 aromatic carbocycles. The monoisotopic (exact) mass is 342 g/mol. The molecule has 0 saturated carbocycles. The van der Waals surface area contributed by atoms with Gasteiger partial charge in [-0.05, 0) is 58.7 Å². The van der Waals surface area contributed by atoms with E-state index < -0.39 is 0 Å². The lowest BCUT2D eigenvalue weighted by molar-refractivity contribution is 0.0512. The summed E-state index contributed by atoms with van der Waals surface area (Å²) in [5.41, 5.74) is 2.67. The molecule has 0 amide bonds. The first-order chi connectivity index (χ1) is 8.31. The van der Waals surface area contributed by atoms with Crippen molar-refractivity contribution in [1.29, 1.82) is 0 Å². The van der Waals surface area contributed by atoms with Crippen molar-refractivity contribution < 1.29 is 4.74 Å². The molecule has 0 bridgehead atoms. The maximum atomic E-state index is 6.00. The smallest absolute Gasteiger partial charge is 0.0865 e. The second kappa shape index (κ2) is 6.55. The van der Waals surface area contributed by atoms with Gasteiger partial charge in [-0.1, -0.05) is 38.0 Å². The molecule has 0 spiro atoms. The van der Waals surface area contributed by atoms with Crippen molar-refractivity contribution >= 4 is 28.7 Å². The number of unbranched alkanes of at least 4 members (excludes halogenated alkanes) is 2. The SMILES string of the molecule is CCCCCOC1CC=Cc2cc(I)ccc21. The van der Waals surface area contributed by atoms with Crippen LogP contribution in [-0.4, -0.2) is 6.61 Å². The largest absolute Gasteiger partial charge is 0.373 e. The van der Waals surface area contributed by atoms with Gasteiger partial charge in [-0.2, -0.15) is 0 Å². The van der Waals surface area contributed by atoms with Gasteiger partial charge in [0.1, 0.15) is 0 Å². The zero-order valence-electron chi connectivity index (χ0n) is 10.3. The van der Waals surface area contributed by atoms with Crippen LogP contribution in [0.3, 0.4) is 0 Å². The molecule has 0 radical (unpaired) electrons. The van der Waals surface area contributed by atoms with Crippen molar-refractivity contribution in [2.24, 2.45) is 0 Å². The van der Waals surface area contributed by atoms with Gasteiger partial charge in [-0.15, -0.1) is 0 Å². The third kappa shape index (κ3) is 3.55. The molecule has 17 heavy (non-hydrogen) atoms. The average molecular weight is 342 g/mol. The van der Waals surface area contributed by atoms with E-state index in [1.165, 1.54) is 34.0 Å². The van der Waals surface area contributed by atoms with Crippen LogP contribution in [0.15, 0.2) is 24.3 Å². The Morgan fingerprint density at radius 2 is 2.24 bits per heavy atom. The minimum atomic E-state index is 0.267. The lowest BCUT2D eigenvalue weighted by Crippen LogP contribution is -2.09. The molecule has 1 nitrogen and oxygen atoms in total. The van der Waals surface area contributed by atoms with E-state index in [-0.39, 0.29) is 6.10 Å². The van der Waals surface area contributed by atoms with Crippen molar-refractivity contribution in [2.75, 3.05) is 6.61 Å². The number of rotatable bonds is 5. The van der Waals surface area contributed by atoms with Gasteiger partial charge in [0.05, 0.1) is 6.10 Å². The highest BCUT2D eigenvalue weighted by Gasteiger charge is 2.17. The predicted molar refractivity (Wildman–Crippen MR) is 81.0 cm³/mol. The van der Waals surface area contributed by atoms with Gasteiger partial charge in [0.25, 0.3) is 0 Å². The van der Waals surface area contributed by atoms with Crippen LogP contribution in [0.4, 0.5) is 0 Å². The van der Waals surface area contributed by atoms with Crippen LogP contribution in [0, 0.1) is 3.57 Å². The number of hydrogen-bond donors (Lipinski definition) is 0. The number of fused-ring (bicyclic) bond motifs is 1.